The molecule has 0 atom stereocenters. The van der Waals surface area contributed by atoms with Crippen molar-refractivity contribution in [3.05, 3.63) is 58.6 Å². The molecule has 0 spiro atoms. The van der Waals surface area contributed by atoms with Gasteiger partial charge in [0.25, 0.3) is 0 Å². The van der Waals surface area contributed by atoms with Crippen molar-refractivity contribution in [1.29, 1.82) is 0 Å². The second kappa shape index (κ2) is 7.92. The molecule has 2 rings (SSSR count). The van der Waals surface area contributed by atoms with Crippen molar-refractivity contribution in [2.45, 2.75) is 13.2 Å². The van der Waals surface area contributed by atoms with Crippen molar-refractivity contribution < 1.29 is 19.0 Å². The van der Waals surface area contributed by atoms with Crippen LogP contribution in [0.5, 0.6) is 11.5 Å². The summed E-state index contributed by atoms with van der Waals surface area (Å²) < 4.78 is 16.0. The highest BCUT2D eigenvalue weighted by Gasteiger charge is 2.24. The van der Waals surface area contributed by atoms with Crippen LogP contribution in [0.15, 0.2) is 48.5 Å². The molecule has 0 heterocycles. The van der Waals surface area contributed by atoms with Gasteiger partial charge in [-0.3, -0.25) is 0 Å². The van der Waals surface area contributed by atoms with Gasteiger partial charge in [-0.05, 0) is 55.5 Å². The summed E-state index contributed by atoms with van der Waals surface area (Å²) in [5, 5.41) is 1.14. The van der Waals surface area contributed by atoms with Crippen molar-refractivity contribution in [3.63, 3.8) is 0 Å². The van der Waals surface area contributed by atoms with Crippen molar-refractivity contribution in [3.8, 4) is 11.5 Å². The van der Waals surface area contributed by atoms with E-state index < -0.39 is 12.3 Å². The van der Waals surface area contributed by atoms with Gasteiger partial charge in [-0.2, -0.15) is 0 Å². The first-order valence-electron chi connectivity index (χ1n) is 6.59. The van der Waals surface area contributed by atoms with Crippen molar-refractivity contribution >= 4 is 29.2 Å². The van der Waals surface area contributed by atoms with Crippen LogP contribution in [0.2, 0.25) is 10.0 Å². The lowest BCUT2D eigenvalue weighted by atomic mass is 10.3. The molecule has 116 valence electrons. The van der Waals surface area contributed by atoms with Crippen LogP contribution in [0.1, 0.15) is 6.92 Å². The van der Waals surface area contributed by atoms with Gasteiger partial charge in [0.15, 0.2) is 0 Å². The Hall–Kier alpha value is -1.91. The molecule has 0 unspecified atom stereocenters. The van der Waals surface area contributed by atoms with E-state index in [1.54, 1.807) is 55.5 Å². The molecule has 0 radical (unpaired) electrons. The number of carbonyl (C=O) groups is 1. The average molecular weight is 341 g/mol. The quantitative estimate of drug-likeness (QED) is 0.579. The van der Waals surface area contributed by atoms with Crippen LogP contribution >= 0.6 is 23.2 Å². The molecule has 0 aliphatic carbocycles. The van der Waals surface area contributed by atoms with Crippen molar-refractivity contribution in [2.75, 3.05) is 6.61 Å². The van der Waals surface area contributed by atoms with E-state index in [4.69, 9.17) is 37.4 Å². The molecule has 0 fully saturated rings. The number of esters is 1. The fourth-order valence-corrected chi connectivity index (χ4v) is 1.86. The van der Waals surface area contributed by atoms with E-state index in [9.17, 15) is 4.79 Å². The standard InChI is InChI=1S/C16H14Cl2O4/c1-2-20-15(19)16(21-13-7-3-11(17)4-8-13)22-14-9-5-12(18)6-10-14/h3-10,16H,2H2,1H3. The van der Waals surface area contributed by atoms with Gasteiger partial charge in [0.2, 0.25) is 0 Å². The van der Waals surface area contributed by atoms with Gasteiger partial charge in [-0.1, -0.05) is 23.2 Å². The minimum absolute atomic E-state index is 0.225. The second-order valence-corrected chi connectivity index (χ2v) is 5.10. The molecule has 0 N–H and O–H groups in total. The van der Waals surface area contributed by atoms with Crippen molar-refractivity contribution in [1.82, 2.24) is 0 Å². The lowest BCUT2D eigenvalue weighted by Crippen LogP contribution is -2.35. The number of carbonyl (C=O) groups excluding carboxylic acids is 1. The summed E-state index contributed by atoms with van der Waals surface area (Å²) in [6.07, 6.45) is -1.22. The van der Waals surface area contributed by atoms with Gasteiger partial charge in [0.1, 0.15) is 11.5 Å². The molecule has 6 heteroatoms. The molecule has 2 aromatic rings. The minimum atomic E-state index is -1.22. The fraction of sp³-hybridized carbons (Fsp3) is 0.188. The summed E-state index contributed by atoms with van der Waals surface area (Å²) in [6, 6.07) is 13.2. The highest BCUT2D eigenvalue weighted by atomic mass is 35.5. The molecule has 0 bridgehead atoms. The number of rotatable bonds is 6. The zero-order valence-electron chi connectivity index (χ0n) is 11.8. The molecule has 22 heavy (non-hydrogen) atoms. The number of halogens is 2. The Morgan fingerprint density at radius 3 is 1.68 bits per heavy atom. The summed E-state index contributed by atoms with van der Waals surface area (Å²) in [6.45, 7) is 1.93. The van der Waals surface area contributed by atoms with Crippen LogP contribution < -0.4 is 9.47 Å². The predicted octanol–water partition coefficient (Wildman–Crippen LogP) is 4.34. The van der Waals surface area contributed by atoms with Gasteiger partial charge >= 0.3 is 12.3 Å². The molecule has 0 saturated heterocycles. The zero-order chi connectivity index (χ0) is 15.9. The second-order valence-electron chi connectivity index (χ2n) is 4.23. The van der Waals surface area contributed by atoms with Gasteiger partial charge < -0.3 is 14.2 Å². The van der Waals surface area contributed by atoms with E-state index in [-0.39, 0.29) is 6.61 Å². The number of hydrogen-bond donors (Lipinski definition) is 0. The van der Waals surface area contributed by atoms with Gasteiger partial charge in [0, 0.05) is 10.0 Å². The third-order valence-electron chi connectivity index (χ3n) is 2.59. The third-order valence-corrected chi connectivity index (χ3v) is 3.10. The zero-order valence-corrected chi connectivity index (χ0v) is 13.3. The first-order valence-corrected chi connectivity index (χ1v) is 7.35. The smallest absolute Gasteiger partial charge is 0.389 e. The van der Waals surface area contributed by atoms with E-state index in [0.717, 1.165) is 0 Å². The Morgan fingerprint density at radius 2 is 1.32 bits per heavy atom. The van der Waals surface area contributed by atoms with E-state index in [0.29, 0.717) is 21.5 Å². The molecule has 0 saturated carbocycles. The summed E-state index contributed by atoms with van der Waals surface area (Å²) >= 11 is 11.6. The van der Waals surface area contributed by atoms with Crippen molar-refractivity contribution in [2.24, 2.45) is 0 Å². The molecule has 0 aromatic heterocycles. The van der Waals surface area contributed by atoms with Crippen LogP contribution in [0, 0.1) is 0 Å². The highest BCUT2D eigenvalue weighted by molar-refractivity contribution is 6.30. The number of benzene rings is 2. The van der Waals surface area contributed by atoms with Gasteiger partial charge in [-0.15, -0.1) is 0 Å². The first kappa shape index (κ1) is 16.5. The first-order chi connectivity index (χ1) is 10.6. The monoisotopic (exact) mass is 340 g/mol. The maximum absolute atomic E-state index is 12.0. The predicted molar refractivity (Wildman–Crippen MR) is 84.6 cm³/mol. The summed E-state index contributed by atoms with van der Waals surface area (Å²) in [5.74, 6) is 0.264. The van der Waals surface area contributed by atoms with Crippen LogP contribution in [-0.2, 0) is 9.53 Å². The molecular weight excluding hydrogens is 327 g/mol. The maximum Gasteiger partial charge on any atom is 0.389 e. The van der Waals surface area contributed by atoms with Crippen LogP contribution in [0.4, 0.5) is 0 Å². The Balaban J connectivity index is 2.13. The van der Waals surface area contributed by atoms with Gasteiger partial charge in [-0.25, -0.2) is 4.79 Å². The molecular formula is C16H14Cl2O4. The molecule has 4 nitrogen and oxygen atoms in total. The lowest BCUT2D eigenvalue weighted by Gasteiger charge is -2.19. The van der Waals surface area contributed by atoms with E-state index in [2.05, 4.69) is 0 Å². The highest BCUT2D eigenvalue weighted by Crippen LogP contribution is 2.21. The summed E-state index contributed by atoms with van der Waals surface area (Å²) in [7, 11) is 0. The number of hydrogen-bond acceptors (Lipinski definition) is 4. The Kier molecular flexibility index (Phi) is 5.92. The topological polar surface area (TPSA) is 44.8 Å². The third kappa shape index (κ3) is 4.83. The fourth-order valence-electron chi connectivity index (χ4n) is 1.60. The Morgan fingerprint density at radius 1 is 0.909 bits per heavy atom. The number of ether oxygens (including phenoxy) is 3. The van der Waals surface area contributed by atoms with Gasteiger partial charge in [0.05, 0.1) is 6.61 Å². The molecule has 0 amide bonds. The summed E-state index contributed by atoms with van der Waals surface area (Å²) in [5.41, 5.74) is 0. The lowest BCUT2D eigenvalue weighted by molar-refractivity contribution is -0.165. The van der Waals surface area contributed by atoms with Crippen LogP contribution in [0.25, 0.3) is 0 Å². The van der Waals surface area contributed by atoms with Crippen LogP contribution in [-0.4, -0.2) is 18.9 Å². The molecule has 0 aliphatic heterocycles. The average Bonchev–Trinajstić information content (AvgIpc) is 2.51. The SMILES string of the molecule is CCOC(=O)C(Oc1ccc(Cl)cc1)Oc1ccc(Cl)cc1. The van der Waals surface area contributed by atoms with E-state index in [1.165, 1.54) is 0 Å². The van der Waals surface area contributed by atoms with E-state index >= 15 is 0 Å². The Labute approximate surface area is 138 Å². The maximum atomic E-state index is 12.0. The molecule has 0 aliphatic rings. The Bertz CT molecular complexity index is 564. The van der Waals surface area contributed by atoms with Crippen LogP contribution in [0.3, 0.4) is 0 Å². The van der Waals surface area contributed by atoms with E-state index in [1.807, 2.05) is 0 Å². The normalized spacial score (nSPS) is 10.4. The summed E-state index contributed by atoms with van der Waals surface area (Å²) in [4.78, 5) is 12.0. The largest absolute Gasteiger partial charge is 0.460 e. The minimum Gasteiger partial charge on any atom is -0.460 e. The molecule has 2 aromatic carbocycles.